The molecule has 2 rings (SSSR count). The van der Waals surface area contributed by atoms with E-state index in [0.717, 1.165) is 29.7 Å². The Morgan fingerprint density at radius 1 is 1.20 bits per heavy atom. The van der Waals surface area contributed by atoms with Gasteiger partial charge in [0.05, 0.1) is 6.54 Å². The third kappa shape index (κ3) is 3.99. The van der Waals surface area contributed by atoms with Gasteiger partial charge in [-0.1, -0.05) is 37.5 Å². The van der Waals surface area contributed by atoms with E-state index in [0.29, 0.717) is 13.2 Å². The normalized spacial score (nSPS) is 15.9. The summed E-state index contributed by atoms with van der Waals surface area (Å²) in [7, 11) is 0. The van der Waals surface area contributed by atoms with E-state index >= 15 is 0 Å². The maximum atomic E-state index is 12.0. The molecule has 0 spiro atoms. The van der Waals surface area contributed by atoms with Crippen molar-refractivity contribution in [3.8, 4) is 5.75 Å². The summed E-state index contributed by atoms with van der Waals surface area (Å²) in [6.07, 6.45) is 5.75. The molecule has 0 unspecified atom stereocenters. The average molecular weight is 275 g/mol. The van der Waals surface area contributed by atoms with Gasteiger partial charge in [0.1, 0.15) is 12.4 Å². The van der Waals surface area contributed by atoms with Crippen LogP contribution in [-0.4, -0.2) is 19.1 Å². The molecule has 0 radical (unpaired) electrons. The molecule has 3 nitrogen and oxygen atoms in total. The van der Waals surface area contributed by atoms with Gasteiger partial charge in [-0.05, 0) is 37.8 Å². The highest BCUT2D eigenvalue weighted by Crippen LogP contribution is 2.24. The second kappa shape index (κ2) is 7.32. The summed E-state index contributed by atoms with van der Waals surface area (Å²) < 4.78 is 5.79. The van der Waals surface area contributed by atoms with Crippen molar-refractivity contribution in [1.82, 2.24) is 5.32 Å². The van der Waals surface area contributed by atoms with E-state index in [-0.39, 0.29) is 11.8 Å². The van der Waals surface area contributed by atoms with Crippen molar-refractivity contribution < 1.29 is 9.53 Å². The largest absolute Gasteiger partial charge is 0.491 e. The van der Waals surface area contributed by atoms with Crippen molar-refractivity contribution in [3.05, 3.63) is 29.3 Å². The van der Waals surface area contributed by atoms with Gasteiger partial charge >= 0.3 is 0 Å². The summed E-state index contributed by atoms with van der Waals surface area (Å²) in [4.78, 5) is 12.0. The highest BCUT2D eigenvalue weighted by molar-refractivity contribution is 5.78. The number of rotatable bonds is 5. The van der Waals surface area contributed by atoms with E-state index in [2.05, 4.69) is 5.32 Å². The molecule has 1 aromatic rings. The number of hydrogen-bond donors (Lipinski definition) is 1. The molecule has 0 saturated heterocycles. The van der Waals surface area contributed by atoms with Gasteiger partial charge in [0.2, 0.25) is 5.91 Å². The van der Waals surface area contributed by atoms with Crippen LogP contribution in [0.5, 0.6) is 5.75 Å². The van der Waals surface area contributed by atoms with Crippen LogP contribution in [0.4, 0.5) is 0 Å². The number of para-hydroxylation sites is 1. The molecule has 0 aromatic heterocycles. The second-order valence-electron chi connectivity index (χ2n) is 5.70. The zero-order valence-electron chi connectivity index (χ0n) is 12.6. The van der Waals surface area contributed by atoms with Gasteiger partial charge in [-0.15, -0.1) is 0 Å². The van der Waals surface area contributed by atoms with Crippen LogP contribution in [0.25, 0.3) is 0 Å². The number of carbonyl (C=O) groups excluding carboxylic acids is 1. The molecule has 1 aliphatic carbocycles. The minimum absolute atomic E-state index is 0.204. The second-order valence-corrected chi connectivity index (χ2v) is 5.70. The van der Waals surface area contributed by atoms with Gasteiger partial charge in [0.15, 0.2) is 0 Å². The number of carbonyl (C=O) groups is 1. The molecule has 1 saturated carbocycles. The molecule has 1 N–H and O–H groups in total. The lowest BCUT2D eigenvalue weighted by Gasteiger charge is -2.20. The molecular weight excluding hydrogens is 250 g/mol. The molecule has 0 aliphatic heterocycles. The predicted molar refractivity (Wildman–Crippen MR) is 81.0 cm³/mol. The molecular formula is C17H25NO2. The fourth-order valence-corrected chi connectivity index (χ4v) is 2.86. The first-order valence-electron chi connectivity index (χ1n) is 7.65. The Kier molecular flexibility index (Phi) is 5.45. The topological polar surface area (TPSA) is 38.3 Å². The first-order valence-corrected chi connectivity index (χ1v) is 7.65. The summed E-state index contributed by atoms with van der Waals surface area (Å²) in [6.45, 7) is 5.21. The van der Waals surface area contributed by atoms with Crippen molar-refractivity contribution in [2.75, 3.05) is 13.2 Å². The summed E-state index contributed by atoms with van der Waals surface area (Å²) in [6, 6.07) is 6.12. The van der Waals surface area contributed by atoms with E-state index in [9.17, 15) is 4.79 Å². The van der Waals surface area contributed by atoms with Crippen molar-refractivity contribution >= 4 is 5.91 Å². The molecule has 1 aliphatic rings. The van der Waals surface area contributed by atoms with Gasteiger partial charge in [0, 0.05) is 5.92 Å². The monoisotopic (exact) mass is 275 g/mol. The molecule has 110 valence electrons. The summed E-state index contributed by atoms with van der Waals surface area (Å²) in [5, 5.41) is 3.00. The van der Waals surface area contributed by atoms with Crippen LogP contribution in [-0.2, 0) is 4.79 Å². The maximum Gasteiger partial charge on any atom is 0.223 e. The summed E-state index contributed by atoms with van der Waals surface area (Å²) in [5.41, 5.74) is 2.28. The minimum atomic E-state index is 0.204. The number of amides is 1. The van der Waals surface area contributed by atoms with Crippen molar-refractivity contribution in [2.45, 2.75) is 46.0 Å². The number of nitrogens with one attached hydrogen (secondary N) is 1. The average Bonchev–Trinajstić information content (AvgIpc) is 2.46. The first kappa shape index (κ1) is 14.9. The van der Waals surface area contributed by atoms with E-state index in [1.165, 1.54) is 19.3 Å². The van der Waals surface area contributed by atoms with Gasteiger partial charge in [-0.25, -0.2) is 0 Å². The molecule has 0 atom stereocenters. The van der Waals surface area contributed by atoms with Crippen molar-refractivity contribution in [3.63, 3.8) is 0 Å². The molecule has 1 amide bonds. The van der Waals surface area contributed by atoms with Crippen LogP contribution < -0.4 is 10.1 Å². The van der Waals surface area contributed by atoms with Crippen LogP contribution >= 0.6 is 0 Å². The third-order valence-corrected chi connectivity index (χ3v) is 4.03. The molecule has 0 bridgehead atoms. The van der Waals surface area contributed by atoms with Gasteiger partial charge < -0.3 is 10.1 Å². The van der Waals surface area contributed by atoms with E-state index < -0.39 is 0 Å². The minimum Gasteiger partial charge on any atom is -0.491 e. The smallest absolute Gasteiger partial charge is 0.223 e. The molecule has 3 heteroatoms. The number of hydrogen-bond acceptors (Lipinski definition) is 2. The Labute approximate surface area is 121 Å². The Balaban J connectivity index is 1.72. The lowest BCUT2D eigenvalue weighted by molar-refractivity contribution is -0.126. The van der Waals surface area contributed by atoms with Crippen LogP contribution in [0.15, 0.2) is 18.2 Å². The zero-order valence-corrected chi connectivity index (χ0v) is 12.6. The highest BCUT2D eigenvalue weighted by Gasteiger charge is 2.20. The molecule has 0 heterocycles. The van der Waals surface area contributed by atoms with Crippen LogP contribution in [0.3, 0.4) is 0 Å². The first-order chi connectivity index (χ1) is 9.68. The lowest BCUT2D eigenvalue weighted by atomic mass is 9.89. The highest BCUT2D eigenvalue weighted by atomic mass is 16.5. The molecule has 1 fully saturated rings. The lowest BCUT2D eigenvalue weighted by Crippen LogP contribution is -2.34. The van der Waals surface area contributed by atoms with Crippen molar-refractivity contribution in [1.29, 1.82) is 0 Å². The zero-order chi connectivity index (χ0) is 14.4. The third-order valence-electron chi connectivity index (χ3n) is 4.03. The Hall–Kier alpha value is -1.51. The summed E-state index contributed by atoms with van der Waals surface area (Å²) in [5.74, 6) is 1.37. The number of benzene rings is 1. The SMILES string of the molecule is Cc1cccc(C)c1OCCNC(=O)C1CCCCC1. The Morgan fingerprint density at radius 3 is 2.50 bits per heavy atom. The van der Waals surface area contributed by atoms with Gasteiger partial charge in [-0.2, -0.15) is 0 Å². The van der Waals surface area contributed by atoms with E-state index in [1.54, 1.807) is 0 Å². The van der Waals surface area contributed by atoms with Crippen LogP contribution in [0.1, 0.15) is 43.2 Å². The number of aryl methyl sites for hydroxylation is 2. The Bertz CT molecular complexity index is 430. The summed E-state index contributed by atoms with van der Waals surface area (Å²) >= 11 is 0. The van der Waals surface area contributed by atoms with Gasteiger partial charge in [0.25, 0.3) is 0 Å². The Morgan fingerprint density at radius 2 is 1.85 bits per heavy atom. The van der Waals surface area contributed by atoms with Crippen molar-refractivity contribution in [2.24, 2.45) is 5.92 Å². The maximum absolute atomic E-state index is 12.0. The fourth-order valence-electron chi connectivity index (χ4n) is 2.86. The predicted octanol–water partition coefficient (Wildman–Crippen LogP) is 3.38. The fraction of sp³-hybridized carbons (Fsp3) is 0.588. The van der Waals surface area contributed by atoms with E-state index in [1.807, 2.05) is 32.0 Å². The van der Waals surface area contributed by atoms with Crippen LogP contribution in [0, 0.1) is 19.8 Å². The molecule has 1 aromatic carbocycles. The molecule has 20 heavy (non-hydrogen) atoms. The quantitative estimate of drug-likeness (QED) is 0.837. The van der Waals surface area contributed by atoms with Crippen LogP contribution in [0.2, 0.25) is 0 Å². The van der Waals surface area contributed by atoms with E-state index in [4.69, 9.17) is 4.74 Å². The standard InChI is InChI=1S/C17H25NO2/c1-13-7-6-8-14(2)16(13)20-12-11-18-17(19)15-9-4-3-5-10-15/h6-8,15H,3-5,9-12H2,1-2H3,(H,18,19). The van der Waals surface area contributed by atoms with Gasteiger partial charge in [-0.3, -0.25) is 4.79 Å². The number of ether oxygens (including phenoxy) is 1.